The van der Waals surface area contributed by atoms with E-state index in [0.717, 1.165) is 41.6 Å². The Kier molecular flexibility index (Phi) is 5.64. The molecule has 0 fully saturated rings. The number of fused-ring (bicyclic) bond motifs is 1. The topological polar surface area (TPSA) is 46.0 Å². The summed E-state index contributed by atoms with van der Waals surface area (Å²) in [5.41, 5.74) is 2.12. The van der Waals surface area contributed by atoms with Crippen LogP contribution in [0.25, 0.3) is 17.0 Å². The Morgan fingerprint density at radius 3 is 3.00 bits per heavy atom. The van der Waals surface area contributed by atoms with Crippen molar-refractivity contribution >= 4 is 17.0 Å². The fourth-order valence-electron chi connectivity index (χ4n) is 2.17. The van der Waals surface area contributed by atoms with Gasteiger partial charge >= 0.3 is 0 Å². The summed E-state index contributed by atoms with van der Waals surface area (Å²) in [6.45, 7) is 5.53. The van der Waals surface area contributed by atoms with Crippen LogP contribution in [0.2, 0.25) is 0 Å². The molecule has 1 heterocycles. The van der Waals surface area contributed by atoms with Gasteiger partial charge in [-0.25, -0.2) is 9.97 Å². The molecule has 1 aromatic carbocycles. The number of allylic oxidation sites excluding steroid dienone is 2. The van der Waals surface area contributed by atoms with Crippen molar-refractivity contribution in [2.75, 3.05) is 0 Å². The molecule has 1 N–H and O–H groups in total. The normalized spacial score (nSPS) is 12.9. The minimum absolute atomic E-state index is 0.207. The highest BCUT2D eigenvalue weighted by Gasteiger charge is 1.99. The molecule has 0 aliphatic carbocycles. The Hall–Kier alpha value is -2.00. The number of aromatic nitrogens is 2. The number of benzene rings is 1. The Labute approximate surface area is 126 Å². The van der Waals surface area contributed by atoms with E-state index in [0.29, 0.717) is 6.42 Å². The zero-order valence-corrected chi connectivity index (χ0v) is 12.5. The van der Waals surface area contributed by atoms with Gasteiger partial charge in [0.15, 0.2) is 0 Å². The predicted octanol–water partition coefficient (Wildman–Crippen LogP) is 3.92. The maximum absolute atomic E-state index is 9.20. The van der Waals surface area contributed by atoms with Gasteiger partial charge in [0.2, 0.25) is 0 Å². The molecule has 0 saturated carbocycles. The zero-order chi connectivity index (χ0) is 15.1. The average molecular weight is 282 g/mol. The maximum atomic E-state index is 9.20. The SMILES string of the molecule is C=CCc1ncc2cc(/C=C/CCCC(C)O)ccc2n1. The van der Waals surface area contributed by atoms with Crippen LogP contribution in [0.3, 0.4) is 0 Å². The van der Waals surface area contributed by atoms with Crippen LogP contribution in [0.4, 0.5) is 0 Å². The molecule has 0 spiro atoms. The molecule has 0 aliphatic rings. The number of hydrogen-bond donors (Lipinski definition) is 1. The minimum Gasteiger partial charge on any atom is -0.393 e. The van der Waals surface area contributed by atoms with E-state index >= 15 is 0 Å². The number of hydrogen-bond acceptors (Lipinski definition) is 3. The van der Waals surface area contributed by atoms with Gasteiger partial charge in [0.05, 0.1) is 11.6 Å². The first-order chi connectivity index (χ1) is 10.2. The number of rotatable bonds is 7. The zero-order valence-electron chi connectivity index (χ0n) is 12.5. The highest BCUT2D eigenvalue weighted by molar-refractivity contribution is 5.80. The first-order valence-electron chi connectivity index (χ1n) is 7.40. The fourth-order valence-corrected chi connectivity index (χ4v) is 2.17. The highest BCUT2D eigenvalue weighted by Crippen LogP contribution is 2.15. The molecule has 0 radical (unpaired) electrons. The van der Waals surface area contributed by atoms with Crippen LogP contribution in [0.15, 0.2) is 43.1 Å². The van der Waals surface area contributed by atoms with Crippen LogP contribution in [-0.4, -0.2) is 21.2 Å². The van der Waals surface area contributed by atoms with Gasteiger partial charge < -0.3 is 5.11 Å². The number of nitrogens with zero attached hydrogens (tertiary/aromatic N) is 2. The van der Waals surface area contributed by atoms with E-state index in [1.165, 1.54) is 0 Å². The molecule has 2 rings (SSSR count). The molecule has 0 saturated heterocycles. The lowest BCUT2D eigenvalue weighted by molar-refractivity contribution is 0.182. The third-order valence-electron chi connectivity index (χ3n) is 3.28. The van der Waals surface area contributed by atoms with E-state index in [1.807, 2.05) is 25.3 Å². The van der Waals surface area contributed by atoms with Gasteiger partial charge in [0.25, 0.3) is 0 Å². The van der Waals surface area contributed by atoms with Crippen molar-refractivity contribution in [3.63, 3.8) is 0 Å². The number of aliphatic hydroxyl groups excluding tert-OH is 1. The second kappa shape index (κ2) is 7.70. The van der Waals surface area contributed by atoms with Crippen LogP contribution < -0.4 is 0 Å². The van der Waals surface area contributed by atoms with Gasteiger partial charge in [-0.3, -0.25) is 0 Å². The molecule has 3 nitrogen and oxygen atoms in total. The standard InChI is InChI=1S/C18H22N2O/c1-3-7-18-19-13-16-12-15(10-11-17(16)20-18)9-6-4-5-8-14(2)21/h3,6,9-14,21H,1,4-5,7-8H2,2H3/b9-6+. The first-order valence-corrected chi connectivity index (χ1v) is 7.40. The van der Waals surface area contributed by atoms with Crippen molar-refractivity contribution in [3.05, 3.63) is 54.5 Å². The van der Waals surface area contributed by atoms with Crippen LogP contribution in [0, 0.1) is 0 Å². The summed E-state index contributed by atoms with van der Waals surface area (Å²) in [7, 11) is 0. The van der Waals surface area contributed by atoms with Crippen molar-refractivity contribution in [2.45, 2.75) is 38.7 Å². The lowest BCUT2D eigenvalue weighted by Gasteiger charge is -2.02. The molecular formula is C18H22N2O. The molecule has 0 amide bonds. The Balaban J connectivity index is 2.03. The summed E-state index contributed by atoms with van der Waals surface area (Å²) >= 11 is 0. The minimum atomic E-state index is -0.207. The Bertz CT molecular complexity index is 632. The molecule has 1 unspecified atom stereocenters. The van der Waals surface area contributed by atoms with Crippen molar-refractivity contribution in [1.82, 2.24) is 9.97 Å². The van der Waals surface area contributed by atoms with Crippen LogP contribution in [0.5, 0.6) is 0 Å². The molecule has 1 aromatic heterocycles. The second-order valence-corrected chi connectivity index (χ2v) is 5.28. The van der Waals surface area contributed by atoms with Gasteiger partial charge in [0, 0.05) is 18.0 Å². The van der Waals surface area contributed by atoms with Gasteiger partial charge in [-0.15, -0.1) is 6.58 Å². The molecule has 1 atom stereocenters. The molecule has 2 aromatic rings. The van der Waals surface area contributed by atoms with Gasteiger partial charge in [-0.2, -0.15) is 0 Å². The molecule has 0 aliphatic heterocycles. The number of unbranched alkanes of at least 4 members (excludes halogenated alkanes) is 1. The Morgan fingerprint density at radius 2 is 2.24 bits per heavy atom. The summed E-state index contributed by atoms with van der Waals surface area (Å²) in [6.07, 6.45) is 11.3. The van der Waals surface area contributed by atoms with Crippen LogP contribution in [0.1, 0.15) is 37.6 Å². The first kappa shape index (κ1) is 15.4. The quantitative estimate of drug-likeness (QED) is 0.618. The highest BCUT2D eigenvalue weighted by atomic mass is 16.3. The van der Waals surface area contributed by atoms with Gasteiger partial charge in [-0.05, 0) is 43.9 Å². The second-order valence-electron chi connectivity index (χ2n) is 5.28. The molecular weight excluding hydrogens is 260 g/mol. The molecule has 21 heavy (non-hydrogen) atoms. The lowest BCUT2D eigenvalue weighted by Crippen LogP contribution is -1.97. The average Bonchev–Trinajstić information content (AvgIpc) is 2.47. The van der Waals surface area contributed by atoms with E-state index in [2.05, 4.69) is 40.8 Å². The van der Waals surface area contributed by atoms with Gasteiger partial charge in [-0.1, -0.05) is 24.3 Å². The summed E-state index contributed by atoms with van der Waals surface area (Å²) in [5, 5.41) is 10.3. The van der Waals surface area contributed by atoms with E-state index in [9.17, 15) is 5.11 Å². The van der Waals surface area contributed by atoms with E-state index in [1.54, 1.807) is 0 Å². The van der Waals surface area contributed by atoms with Crippen molar-refractivity contribution in [3.8, 4) is 0 Å². The van der Waals surface area contributed by atoms with Crippen molar-refractivity contribution < 1.29 is 5.11 Å². The third kappa shape index (κ3) is 4.80. The number of aliphatic hydroxyl groups is 1. The van der Waals surface area contributed by atoms with Crippen molar-refractivity contribution in [2.24, 2.45) is 0 Å². The van der Waals surface area contributed by atoms with E-state index < -0.39 is 0 Å². The van der Waals surface area contributed by atoms with Crippen molar-refractivity contribution in [1.29, 1.82) is 0 Å². The molecule has 110 valence electrons. The lowest BCUT2D eigenvalue weighted by atomic mass is 10.1. The smallest absolute Gasteiger partial charge is 0.132 e. The monoisotopic (exact) mass is 282 g/mol. The summed E-state index contributed by atoms with van der Waals surface area (Å²) in [5.74, 6) is 0.805. The van der Waals surface area contributed by atoms with E-state index in [4.69, 9.17) is 0 Å². The van der Waals surface area contributed by atoms with E-state index in [-0.39, 0.29) is 6.10 Å². The summed E-state index contributed by atoms with van der Waals surface area (Å²) in [6, 6.07) is 6.19. The third-order valence-corrected chi connectivity index (χ3v) is 3.28. The fraction of sp³-hybridized carbons (Fsp3) is 0.333. The van der Waals surface area contributed by atoms with Gasteiger partial charge in [0.1, 0.15) is 5.82 Å². The summed E-state index contributed by atoms with van der Waals surface area (Å²) < 4.78 is 0. The molecule has 0 bridgehead atoms. The maximum Gasteiger partial charge on any atom is 0.132 e. The van der Waals surface area contributed by atoms with Crippen LogP contribution >= 0.6 is 0 Å². The predicted molar refractivity (Wildman–Crippen MR) is 88.0 cm³/mol. The largest absolute Gasteiger partial charge is 0.393 e. The summed E-state index contributed by atoms with van der Waals surface area (Å²) in [4.78, 5) is 8.83. The van der Waals surface area contributed by atoms with Crippen LogP contribution in [-0.2, 0) is 6.42 Å². The Morgan fingerprint density at radius 1 is 1.38 bits per heavy atom. The molecule has 3 heteroatoms.